The third-order valence-electron chi connectivity index (χ3n) is 3.09. The van der Waals surface area contributed by atoms with Crippen LogP contribution in [0.4, 0.5) is 0 Å². The largest absolute Gasteiger partial charge is 0.448 e. The third kappa shape index (κ3) is 3.95. The predicted octanol–water partition coefficient (Wildman–Crippen LogP) is 2.22. The molecule has 5 heteroatoms. The minimum Gasteiger partial charge on any atom is -0.448 e. The summed E-state index contributed by atoms with van der Waals surface area (Å²) >= 11 is 0. The van der Waals surface area contributed by atoms with Crippen LogP contribution in [-0.4, -0.2) is 34.9 Å². The molecule has 0 saturated carbocycles. The lowest BCUT2D eigenvalue weighted by atomic mass is 10.2. The highest BCUT2D eigenvalue weighted by Gasteiger charge is 2.22. The number of likely N-dealkylation sites (N-methyl/N-ethyl adjacent to an activating group) is 1. The summed E-state index contributed by atoms with van der Waals surface area (Å²) in [6.45, 7) is 2.05. The van der Waals surface area contributed by atoms with Gasteiger partial charge in [-0.2, -0.15) is 0 Å². The minimum absolute atomic E-state index is 0.237. The Kier molecular flexibility index (Phi) is 4.77. The van der Waals surface area contributed by atoms with Crippen molar-refractivity contribution in [2.45, 2.75) is 19.6 Å². The molecule has 0 spiro atoms. The molecule has 1 N–H and O–H groups in total. The lowest BCUT2D eigenvalue weighted by molar-refractivity contribution is -0.139. The van der Waals surface area contributed by atoms with Crippen LogP contribution in [0.25, 0.3) is 0 Å². The van der Waals surface area contributed by atoms with Gasteiger partial charge in [0.1, 0.15) is 5.69 Å². The van der Waals surface area contributed by atoms with Crippen LogP contribution >= 0.6 is 0 Å². The molecule has 1 heterocycles. The van der Waals surface area contributed by atoms with E-state index < -0.39 is 12.1 Å². The van der Waals surface area contributed by atoms with E-state index in [0.29, 0.717) is 12.2 Å². The lowest BCUT2D eigenvalue weighted by Crippen LogP contribution is -2.37. The summed E-state index contributed by atoms with van der Waals surface area (Å²) in [5.41, 5.74) is 1.36. The SMILES string of the molecule is C[C@H](OC(=O)c1ccc[nH]1)C(=O)N(C)Cc1ccccc1. The average molecular weight is 286 g/mol. The summed E-state index contributed by atoms with van der Waals surface area (Å²) in [7, 11) is 1.69. The summed E-state index contributed by atoms with van der Waals surface area (Å²) in [5, 5.41) is 0. The van der Waals surface area contributed by atoms with Gasteiger partial charge in [0.15, 0.2) is 6.10 Å². The first-order valence-corrected chi connectivity index (χ1v) is 6.71. The second-order valence-corrected chi connectivity index (χ2v) is 4.81. The number of nitrogens with one attached hydrogen (secondary N) is 1. The molecule has 21 heavy (non-hydrogen) atoms. The molecular formula is C16H18N2O3. The molecule has 1 aromatic carbocycles. The number of H-pyrrole nitrogens is 1. The third-order valence-corrected chi connectivity index (χ3v) is 3.09. The fraction of sp³-hybridized carbons (Fsp3) is 0.250. The predicted molar refractivity (Wildman–Crippen MR) is 78.6 cm³/mol. The van der Waals surface area contributed by atoms with Gasteiger partial charge in [0.2, 0.25) is 0 Å². The van der Waals surface area contributed by atoms with Gasteiger partial charge in [-0.3, -0.25) is 4.79 Å². The number of nitrogens with zero attached hydrogens (tertiary/aromatic N) is 1. The number of amides is 1. The number of carbonyl (C=O) groups excluding carboxylic acids is 2. The fourth-order valence-electron chi connectivity index (χ4n) is 1.98. The molecule has 0 aliphatic carbocycles. The minimum atomic E-state index is -0.825. The first-order valence-electron chi connectivity index (χ1n) is 6.71. The Balaban J connectivity index is 1.91. The van der Waals surface area contributed by atoms with E-state index >= 15 is 0 Å². The van der Waals surface area contributed by atoms with Crippen LogP contribution in [0.3, 0.4) is 0 Å². The van der Waals surface area contributed by atoms with Gasteiger partial charge < -0.3 is 14.6 Å². The van der Waals surface area contributed by atoms with Gasteiger partial charge in [-0.15, -0.1) is 0 Å². The maximum atomic E-state index is 12.2. The van der Waals surface area contributed by atoms with E-state index in [0.717, 1.165) is 5.56 Å². The van der Waals surface area contributed by atoms with Crippen molar-refractivity contribution in [3.8, 4) is 0 Å². The smallest absolute Gasteiger partial charge is 0.355 e. The van der Waals surface area contributed by atoms with Crippen molar-refractivity contribution in [2.75, 3.05) is 7.05 Å². The van der Waals surface area contributed by atoms with Crippen LogP contribution in [0.2, 0.25) is 0 Å². The second kappa shape index (κ2) is 6.74. The highest BCUT2D eigenvalue weighted by atomic mass is 16.5. The number of esters is 1. The molecule has 5 nitrogen and oxygen atoms in total. The Morgan fingerprint density at radius 1 is 1.19 bits per heavy atom. The Bertz CT molecular complexity index is 593. The zero-order valence-corrected chi connectivity index (χ0v) is 12.1. The average Bonchev–Trinajstić information content (AvgIpc) is 3.01. The molecule has 0 unspecified atom stereocenters. The molecule has 1 amide bonds. The molecular weight excluding hydrogens is 268 g/mol. The van der Waals surface area contributed by atoms with Gasteiger partial charge in [-0.05, 0) is 24.6 Å². The van der Waals surface area contributed by atoms with Crippen molar-refractivity contribution in [3.63, 3.8) is 0 Å². The van der Waals surface area contributed by atoms with Crippen molar-refractivity contribution >= 4 is 11.9 Å². The number of hydrogen-bond acceptors (Lipinski definition) is 3. The molecule has 1 atom stereocenters. The van der Waals surface area contributed by atoms with Crippen LogP contribution < -0.4 is 0 Å². The Labute approximate surface area is 123 Å². The van der Waals surface area contributed by atoms with Crippen LogP contribution in [0.1, 0.15) is 23.0 Å². The van der Waals surface area contributed by atoms with Gasteiger partial charge in [0.05, 0.1) is 0 Å². The quantitative estimate of drug-likeness (QED) is 0.857. The topological polar surface area (TPSA) is 62.4 Å². The molecule has 0 aliphatic heterocycles. The number of rotatable bonds is 5. The second-order valence-electron chi connectivity index (χ2n) is 4.81. The van der Waals surface area contributed by atoms with E-state index in [-0.39, 0.29) is 5.91 Å². The summed E-state index contributed by atoms with van der Waals surface area (Å²) in [5.74, 6) is -0.771. The molecule has 0 saturated heterocycles. The molecule has 0 radical (unpaired) electrons. The molecule has 110 valence electrons. The monoisotopic (exact) mass is 286 g/mol. The molecule has 2 aromatic rings. The van der Waals surface area contributed by atoms with Gasteiger partial charge in [0.25, 0.3) is 5.91 Å². The van der Waals surface area contributed by atoms with E-state index in [1.807, 2.05) is 30.3 Å². The number of hydrogen-bond donors (Lipinski definition) is 1. The standard InChI is InChI=1S/C16H18N2O3/c1-12(21-16(20)14-9-6-10-17-14)15(19)18(2)11-13-7-4-3-5-8-13/h3-10,12,17H,11H2,1-2H3/t12-/m0/s1. The lowest BCUT2D eigenvalue weighted by Gasteiger charge is -2.21. The molecule has 0 bridgehead atoms. The zero-order valence-electron chi connectivity index (χ0n) is 12.1. The summed E-state index contributed by atoms with van der Waals surface area (Å²) in [6.07, 6.45) is 0.805. The highest BCUT2D eigenvalue weighted by Crippen LogP contribution is 2.07. The van der Waals surface area contributed by atoms with Crippen LogP contribution in [-0.2, 0) is 16.1 Å². The summed E-state index contributed by atoms with van der Waals surface area (Å²) < 4.78 is 5.15. The van der Waals surface area contributed by atoms with E-state index in [4.69, 9.17) is 4.74 Å². The molecule has 1 aromatic heterocycles. The number of carbonyl (C=O) groups is 2. The first kappa shape index (κ1) is 14.8. The van der Waals surface area contributed by atoms with Crippen LogP contribution in [0, 0.1) is 0 Å². The zero-order chi connectivity index (χ0) is 15.2. The maximum Gasteiger partial charge on any atom is 0.355 e. The van der Waals surface area contributed by atoms with E-state index in [9.17, 15) is 9.59 Å². The van der Waals surface area contributed by atoms with E-state index in [2.05, 4.69) is 4.98 Å². The number of benzene rings is 1. The fourth-order valence-corrected chi connectivity index (χ4v) is 1.98. The summed E-state index contributed by atoms with van der Waals surface area (Å²) in [4.78, 5) is 28.3. The normalized spacial score (nSPS) is 11.7. The molecule has 0 fully saturated rings. The van der Waals surface area contributed by atoms with Crippen molar-refractivity contribution < 1.29 is 14.3 Å². The van der Waals surface area contributed by atoms with Crippen LogP contribution in [0.15, 0.2) is 48.7 Å². The van der Waals surface area contributed by atoms with Crippen LogP contribution in [0.5, 0.6) is 0 Å². The van der Waals surface area contributed by atoms with Gasteiger partial charge in [-0.25, -0.2) is 4.79 Å². The van der Waals surface area contributed by atoms with Crippen molar-refractivity contribution in [1.82, 2.24) is 9.88 Å². The molecule has 2 rings (SSSR count). The number of aromatic nitrogens is 1. The maximum absolute atomic E-state index is 12.2. The van der Waals surface area contributed by atoms with E-state index in [1.54, 1.807) is 37.2 Å². The van der Waals surface area contributed by atoms with Gasteiger partial charge >= 0.3 is 5.97 Å². The Hall–Kier alpha value is -2.56. The highest BCUT2D eigenvalue weighted by molar-refractivity contribution is 5.90. The van der Waals surface area contributed by atoms with Gasteiger partial charge in [-0.1, -0.05) is 30.3 Å². The summed E-state index contributed by atoms with van der Waals surface area (Å²) in [6, 6.07) is 13.0. The van der Waals surface area contributed by atoms with Crippen molar-refractivity contribution in [3.05, 3.63) is 59.9 Å². The number of aromatic amines is 1. The van der Waals surface area contributed by atoms with Crippen molar-refractivity contribution in [1.29, 1.82) is 0 Å². The number of ether oxygens (including phenoxy) is 1. The molecule has 0 aliphatic rings. The first-order chi connectivity index (χ1) is 10.1. The van der Waals surface area contributed by atoms with E-state index in [1.165, 1.54) is 0 Å². The van der Waals surface area contributed by atoms with Crippen molar-refractivity contribution in [2.24, 2.45) is 0 Å². The Morgan fingerprint density at radius 3 is 2.52 bits per heavy atom. The Morgan fingerprint density at radius 2 is 1.90 bits per heavy atom. The van der Waals surface area contributed by atoms with Gasteiger partial charge in [0, 0.05) is 19.8 Å².